The lowest BCUT2D eigenvalue weighted by atomic mass is 10.0. The van der Waals surface area contributed by atoms with Gasteiger partial charge in [0.05, 0.1) is 19.0 Å². The van der Waals surface area contributed by atoms with Crippen LogP contribution in [0.4, 0.5) is 0 Å². The molecule has 0 spiro atoms. The molecule has 0 saturated heterocycles. The molecule has 3 amide bonds. The number of hydrogen-bond donors (Lipinski definition) is 2. The Bertz CT molecular complexity index is 621. The van der Waals surface area contributed by atoms with Crippen molar-refractivity contribution < 1.29 is 14.4 Å². The summed E-state index contributed by atoms with van der Waals surface area (Å²) in [6.07, 6.45) is 4.02. The predicted octanol–water partition coefficient (Wildman–Crippen LogP) is 1.82. The second-order valence-electron chi connectivity index (χ2n) is 6.79. The summed E-state index contributed by atoms with van der Waals surface area (Å²) in [4.78, 5) is 37.4. The van der Waals surface area contributed by atoms with Gasteiger partial charge in [0.25, 0.3) is 0 Å². The van der Waals surface area contributed by atoms with Gasteiger partial charge in [-0.25, -0.2) is 0 Å². The van der Waals surface area contributed by atoms with E-state index in [-0.39, 0.29) is 30.8 Å². The molecule has 136 valence electrons. The van der Waals surface area contributed by atoms with E-state index in [2.05, 4.69) is 5.32 Å². The number of carbonyl (C=O) groups is 3. The molecular formula is C19H27N3O3. The number of benzene rings is 1. The smallest absolute Gasteiger partial charge is 0.237 e. The van der Waals surface area contributed by atoms with E-state index >= 15 is 0 Å². The highest BCUT2D eigenvalue weighted by Crippen LogP contribution is 2.26. The summed E-state index contributed by atoms with van der Waals surface area (Å²) in [5.74, 6) is -0.850. The monoisotopic (exact) mass is 345 g/mol. The van der Waals surface area contributed by atoms with E-state index in [0.29, 0.717) is 0 Å². The van der Waals surface area contributed by atoms with Crippen LogP contribution in [0.2, 0.25) is 0 Å². The maximum atomic E-state index is 12.9. The molecule has 0 heterocycles. The Morgan fingerprint density at radius 2 is 1.80 bits per heavy atom. The van der Waals surface area contributed by atoms with Crippen LogP contribution in [0.25, 0.3) is 0 Å². The third-order valence-corrected chi connectivity index (χ3v) is 4.65. The van der Waals surface area contributed by atoms with Crippen molar-refractivity contribution in [2.24, 2.45) is 5.73 Å². The van der Waals surface area contributed by atoms with Crippen LogP contribution < -0.4 is 11.1 Å². The molecule has 0 bridgehead atoms. The van der Waals surface area contributed by atoms with Crippen molar-refractivity contribution in [3.05, 3.63) is 35.4 Å². The van der Waals surface area contributed by atoms with E-state index in [9.17, 15) is 14.4 Å². The Morgan fingerprint density at radius 3 is 2.32 bits per heavy atom. The van der Waals surface area contributed by atoms with Gasteiger partial charge in [0.15, 0.2) is 0 Å². The second kappa shape index (κ2) is 8.65. The van der Waals surface area contributed by atoms with Crippen molar-refractivity contribution in [3.63, 3.8) is 0 Å². The third kappa shape index (κ3) is 5.59. The molecule has 1 fully saturated rings. The first-order valence-electron chi connectivity index (χ1n) is 8.78. The predicted molar refractivity (Wildman–Crippen MR) is 95.5 cm³/mol. The number of nitrogens with two attached hydrogens (primary N) is 1. The Labute approximate surface area is 148 Å². The molecular weight excluding hydrogens is 318 g/mol. The molecule has 1 aliphatic carbocycles. The first-order chi connectivity index (χ1) is 11.9. The lowest BCUT2D eigenvalue weighted by Crippen LogP contribution is -2.45. The molecule has 6 nitrogen and oxygen atoms in total. The van der Waals surface area contributed by atoms with Crippen molar-refractivity contribution >= 4 is 17.7 Å². The number of amides is 3. The lowest BCUT2D eigenvalue weighted by molar-refractivity contribution is -0.138. The summed E-state index contributed by atoms with van der Waals surface area (Å²) in [6.45, 7) is 3.35. The number of nitrogens with zero attached hydrogens (tertiary/aromatic N) is 1. The van der Waals surface area contributed by atoms with E-state index in [1.807, 2.05) is 31.2 Å². The molecule has 1 aromatic carbocycles. The standard InChI is InChI=1S/C19H27N3O3/c1-13-7-9-15(10-8-13)17(21-14(2)23)11-19(25)22(12-18(20)24)16-5-3-4-6-16/h7-10,16-17H,3-6,11-12H2,1-2H3,(H2,20,24)(H,21,23)/t17-/m1/s1. The van der Waals surface area contributed by atoms with E-state index in [0.717, 1.165) is 36.8 Å². The van der Waals surface area contributed by atoms with Crippen molar-refractivity contribution in [2.75, 3.05) is 6.54 Å². The molecule has 1 saturated carbocycles. The van der Waals surface area contributed by atoms with Crippen LogP contribution in [0.3, 0.4) is 0 Å². The third-order valence-electron chi connectivity index (χ3n) is 4.65. The molecule has 0 unspecified atom stereocenters. The Hall–Kier alpha value is -2.37. The van der Waals surface area contributed by atoms with Crippen molar-refractivity contribution in [1.29, 1.82) is 0 Å². The van der Waals surface area contributed by atoms with Gasteiger partial charge in [-0.3, -0.25) is 14.4 Å². The summed E-state index contributed by atoms with van der Waals surface area (Å²) < 4.78 is 0. The number of hydrogen-bond acceptors (Lipinski definition) is 3. The second-order valence-corrected chi connectivity index (χ2v) is 6.79. The van der Waals surface area contributed by atoms with Crippen LogP contribution >= 0.6 is 0 Å². The van der Waals surface area contributed by atoms with Crippen molar-refractivity contribution in [2.45, 2.75) is 58.0 Å². The van der Waals surface area contributed by atoms with Crippen LogP contribution in [0.15, 0.2) is 24.3 Å². The zero-order chi connectivity index (χ0) is 18.4. The van der Waals surface area contributed by atoms with Gasteiger partial charge in [0, 0.05) is 13.0 Å². The minimum Gasteiger partial charge on any atom is -0.368 e. The van der Waals surface area contributed by atoms with Crippen LogP contribution in [0.1, 0.15) is 56.2 Å². The molecule has 25 heavy (non-hydrogen) atoms. The van der Waals surface area contributed by atoms with Gasteiger partial charge in [-0.2, -0.15) is 0 Å². The molecule has 0 aliphatic heterocycles. The van der Waals surface area contributed by atoms with Gasteiger partial charge in [-0.1, -0.05) is 42.7 Å². The highest BCUT2D eigenvalue weighted by molar-refractivity contribution is 5.85. The lowest BCUT2D eigenvalue weighted by Gasteiger charge is -2.30. The van der Waals surface area contributed by atoms with Gasteiger partial charge in [-0.15, -0.1) is 0 Å². The zero-order valence-electron chi connectivity index (χ0n) is 15.0. The number of rotatable bonds is 7. The van der Waals surface area contributed by atoms with Crippen LogP contribution in [0, 0.1) is 6.92 Å². The summed E-state index contributed by atoms with van der Waals surface area (Å²) >= 11 is 0. The fourth-order valence-corrected chi connectivity index (χ4v) is 3.39. The molecule has 1 aliphatic rings. The van der Waals surface area contributed by atoms with Gasteiger partial charge in [-0.05, 0) is 25.3 Å². The quantitative estimate of drug-likeness (QED) is 0.789. The SMILES string of the molecule is CC(=O)N[C@H](CC(=O)N(CC(N)=O)C1CCCC1)c1ccc(C)cc1. The number of aryl methyl sites for hydroxylation is 1. The molecule has 1 aromatic rings. The average molecular weight is 345 g/mol. The van der Waals surface area contributed by atoms with Crippen LogP contribution in [-0.4, -0.2) is 35.2 Å². The van der Waals surface area contributed by atoms with Crippen molar-refractivity contribution in [1.82, 2.24) is 10.2 Å². The van der Waals surface area contributed by atoms with Gasteiger partial charge in [0.2, 0.25) is 17.7 Å². The fourth-order valence-electron chi connectivity index (χ4n) is 3.39. The normalized spacial score (nSPS) is 15.6. The Morgan fingerprint density at radius 1 is 1.20 bits per heavy atom. The van der Waals surface area contributed by atoms with E-state index in [4.69, 9.17) is 5.73 Å². The maximum absolute atomic E-state index is 12.9. The van der Waals surface area contributed by atoms with Gasteiger partial charge in [0.1, 0.15) is 0 Å². The van der Waals surface area contributed by atoms with E-state index < -0.39 is 11.9 Å². The number of carbonyl (C=O) groups excluding carboxylic acids is 3. The van der Waals surface area contributed by atoms with Gasteiger partial charge < -0.3 is 16.0 Å². The molecule has 2 rings (SSSR count). The summed E-state index contributed by atoms with van der Waals surface area (Å²) in [5, 5.41) is 2.84. The number of primary amides is 1. The van der Waals surface area contributed by atoms with Crippen LogP contribution in [-0.2, 0) is 14.4 Å². The number of nitrogens with one attached hydrogen (secondary N) is 1. The average Bonchev–Trinajstić information content (AvgIpc) is 3.06. The summed E-state index contributed by atoms with van der Waals surface area (Å²) in [6, 6.07) is 7.38. The molecule has 3 N–H and O–H groups in total. The zero-order valence-corrected chi connectivity index (χ0v) is 15.0. The van der Waals surface area contributed by atoms with E-state index in [1.165, 1.54) is 6.92 Å². The minimum absolute atomic E-state index is 0.0653. The molecule has 6 heteroatoms. The van der Waals surface area contributed by atoms with Crippen molar-refractivity contribution in [3.8, 4) is 0 Å². The minimum atomic E-state index is -0.508. The summed E-state index contributed by atoms with van der Waals surface area (Å²) in [5.41, 5.74) is 7.32. The highest BCUT2D eigenvalue weighted by atomic mass is 16.2. The largest absolute Gasteiger partial charge is 0.368 e. The molecule has 1 atom stereocenters. The first kappa shape index (κ1) is 19.0. The maximum Gasteiger partial charge on any atom is 0.237 e. The molecule has 0 radical (unpaired) electrons. The van der Waals surface area contributed by atoms with Gasteiger partial charge >= 0.3 is 0 Å². The molecule has 0 aromatic heterocycles. The Balaban J connectivity index is 2.16. The van der Waals surface area contributed by atoms with Crippen LogP contribution in [0.5, 0.6) is 0 Å². The summed E-state index contributed by atoms with van der Waals surface area (Å²) in [7, 11) is 0. The topological polar surface area (TPSA) is 92.5 Å². The highest BCUT2D eigenvalue weighted by Gasteiger charge is 2.29. The fraction of sp³-hybridized carbons (Fsp3) is 0.526. The Kier molecular flexibility index (Phi) is 6.56. The van der Waals surface area contributed by atoms with E-state index in [1.54, 1.807) is 4.90 Å². The first-order valence-corrected chi connectivity index (χ1v) is 8.78.